The van der Waals surface area contributed by atoms with E-state index in [2.05, 4.69) is 4.90 Å². The first-order chi connectivity index (χ1) is 4.42. The normalized spacial score (nSPS) is 12.6. The summed E-state index contributed by atoms with van der Waals surface area (Å²) >= 11 is 0. The second-order valence-electron chi connectivity index (χ2n) is 3.63. The molecule has 0 aromatic carbocycles. The first-order valence-electron chi connectivity index (χ1n) is 3.75. The highest BCUT2D eigenvalue weighted by Gasteiger charge is 2.13. The highest BCUT2D eigenvalue weighted by atomic mass is 19.1. The van der Waals surface area contributed by atoms with E-state index in [0.717, 1.165) is 13.0 Å². The summed E-state index contributed by atoms with van der Waals surface area (Å²) in [7, 11) is 4.01. The van der Waals surface area contributed by atoms with E-state index < -0.39 is 5.67 Å². The topological polar surface area (TPSA) is 3.24 Å². The van der Waals surface area contributed by atoms with Crippen molar-refractivity contribution < 1.29 is 4.39 Å². The maximum atomic E-state index is 12.8. The molecule has 1 nitrogen and oxygen atoms in total. The van der Waals surface area contributed by atoms with E-state index in [-0.39, 0.29) is 0 Å². The predicted octanol–water partition coefficient (Wildman–Crippen LogP) is 2.08. The fourth-order valence-corrected chi connectivity index (χ4v) is 0.816. The third-order valence-electron chi connectivity index (χ3n) is 1.38. The zero-order valence-corrected chi connectivity index (χ0v) is 7.45. The molecular formula is C8H18FN. The summed E-state index contributed by atoms with van der Waals surface area (Å²) < 4.78 is 12.8. The van der Waals surface area contributed by atoms with Crippen molar-refractivity contribution in [2.24, 2.45) is 0 Å². The van der Waals surface area contributed by atoms with Gasteiger partial charge in [-0.3, -0.25) is 0 Å². The van der Waals surface area contributed by atoms with Crippen LogP contribution >= 0.6 is 0 Å². The van der Waals surface area contributed by atoms with Gasteiger partial charge in [-0.25, -0.2) is 4.39 Å². The average molecular weight is 147 g/mol. The Hall–Kier alpha value is -0.110. The Balaban J connectivity index is 3.21. The molecule has 0 aliphatic carbocycles. The summed E-state index contributed by atoms with van der Waals surface area (Å²) in [6, 6.07) is 0. The Bertz CT molecular complexity index is 83.7. The number of nitrogens with zero attached hydrogens (tertiary/aromatic N) is 1. The van der Waals surface area contributed by atoms with Crippen LogP contribution in [0.5, 0.6) is 0 Å². The second kappa shape index (κ2) is 3.91. The summed E-state index contributed by atoms with van der Waals surface area (Å²) in [5.74, 6) is 0. The molecule has 0 saturated heterocycles. The van der Waals surface area contributed by atoms with Crippen molar-refractivity contribution in [2.45, 2.75) is 32.4 Å². The summed E-state index contributed by atoms with van der Waals surface area (Å²) in [4.78, 5) is 2.08. The fraction of sp³-hybridized carbons (Fsp3) is 1.00. The SMILES string of the molecule is CN(C)CCCC(C)(C)F. The van der Waals surface area contributed by atoms with Crippen LogP contribution in [0, 0.1) is 0 Å². The maximum Gasteiger partial charge on any atom is 0.105 e. The molecule has 0 aromatic heterocycles. The van der Waals surface area contributed by atoms with Gasteiger partial charge in [0.1, 0.15) is 5.67 Å². The van der Waals surface area contributed by atoms with Crippen LogP contribution in [-0.4, -0.2) is 31.2 Å². The van der Waals surface area contributed by atoms with Gasteiger partial charge in [0.25, 0.3) is 0 Å². The van der Waals surface area contributed by atoms with Crippen molar-refractivity contribution in [3.8, 4) is 0 Å². The molecule has 0 atom stereocenters. The van der Waals surface area contributed by atoms with Gasteiger partial charge in [-0.05, 0) is 47.3 Å². The van der Waals surface area contributed by atoms with Crippen molar-refractivity contribution in [1.29, 1.82) is 0 Å². The number of rotatable bonds is 4. The predicted molar refractivity (Wildman–Crippen MR) is 43.0 cm³/mol. The third-order valence-corrected chi connectivity index (χ3v) is 1.38. The summed E-state index contributed by atoms with van der Waals surface area (Å²) in [5.41, 5.74) is -0.990. The molecule has 0 aliphatic rings. The second-order valence-corrected chi connectivity index (χ2v) is 3.63. The molecule has 10 heavy (non-hydrogen) atoms. The number of hydrogen-bond acceptors (Lipinski definition) is 1. The Morgan fingerprint density at radius 1 is 1.30 bits per heavy atom. The number of halogens is 1. The average Bonchev–Trinajstić information content (AvgIpc) is 1.59. The van der Waals surface area contributed by atoms with E-state index in [0.29, 0.717) is 6.42 Å². The van der Waals surface area contributed by atoms with Crippen molar-refractivity contribution in [2.75, 3.05) is 20.6 Å². The first-order valence-corrected chi connectivity index (χ1v) is 3.75. The van der Waals surface area contributed by atoms with Gasteiger partial charge in [0.05, 0.1) is 0 Å². The molecule has 0 spiro atoms. The molecule has 0 N–H and O–H groups in total. The molecule has 0 radical (unpaired) electrons. The lowest BCUT2D eigenvalue weighted by atomic mass is 10.1. The fourth-order valence-electron chi connectivity index (χ4n) is 0.816. The lowest BCUT2D eigenvalue weighted by Gasteiger charge is -2.15. The Morgan fingerprint density at radius 2 is 1.80 bits per heavy atom. The minimum absolute atomic E-state index is 0.658. The van der Waals surface area contributed by atoms with Crippen LogP contribution in [0.2, 0.25) is 0 Å². The van der Waals surface area contributed by atoms with Crippen LogP contribution in [0.25, 0.3) is 0 Å². The van der Waals surface area contributed by atoms with Crippen LogP contribution < -0.4 is 0 Å². The highest BCUT2D eigenvalue weighted by Crippen LogP contribution is 2.15. The molecule has 0 unspecified atom stereocenters. The van der Waals surface area contributed by atoms with Crippen LogP contribution in [0.3, 0.4) is 0 Å². The summed E-state index contributed by atoms with van der Waals surface area (Å²) in [5, 5.41) is 0. The third kappa shape index (κ3) is 7.89. The van der Waals surface area contributed by atoms with Gasteiger partial charge >= 0.3 is 0 Å². The number of alkyl halides is 1. The van der Waals surface area contributed by atoms with Crippen LogP contribution in [-0.2, 0) is 0 Å². The molecule has 0 saturated carbocycles. The Kier molecular flexibility index (Phi) is 3.87. The van der Waals surface area contributed by atoms with E-state index in [1.54, 1.807) is 13.8 Å². The molecule has 0 aliphatic heterocycles. The van der Waals surface area contributed by atoms with Gasteiger partial charge in [-0.2, -0.15) is 0 Å². The lowest BCUT2D eigenvalue weighted by Crippen LogP contribution is -2.18. The van der Waals surface area contributed by atoms with Crippen LogP contribution in [0.1, 0.15) is 26.7 Å². The molecule has 0 heterocycles. The number of hydrogen-bond donors (Lipinski definition) is 0. The van der Waals surface area contributed by atoms with E-state index >= 15 is 0 Å². The van der Waals surface area contributed by atoms with E-state index in [1.807, 2.05) is 14.1 Å². The quantitative estimate of drug-likeness (QED) is 0.588. The molecule has 0 fully saturated rings. The Morgan fingerprint density at radius 3 is 2.10 bits per heavy atom. The standard InChI is InChI=1S/C8H18FN/c1-8(2,9)6-5-7-10(3)4/h5-7H2,1-4H3. The molecular weight excluding hydrogens is 129 g/mol. The minimum atomic E-state index is -0.990. The zero-order valence-electron chi connectivity index (χ0n) is 7.45. The highest BCUT2D eigenvalue weighted by molar-refractivity contribution is 4.65. The molecule has 0 rings (SSSR count). The van der Waals surface area contributed by atoms with E-state index in [1.165, 1.54) is 0 Å². The van der Waals surface area contributed by atoms with Gasteiger partial charge in [-0.15, -0.1) is 0 Å². The van der Waals surface area contributed by atoms with Crippen molar-refractivity contribution >= 4 is 0 Å². The van der Waals surface area contributed by atoms with Crippen molar-refractivity contribution in [1.82, 2.24) is 4.90 Å². The largest absolute Gasteiger partial charge is 0.309 e. The van der Waals surface area contributed by atoms with Gasteiger partial charge in [-0.1, -0.05) is 0 Å². The zero-order chi connectivity index (χ0) is 8.20. The van der Waals surface area contributed by atoms with Crippen LogP contribution in [0.15, 0.2) is 0 Å². The van der Waals surface area contributed by atoms with E-state index in [9.17, 15) is 4.39 Å². The van der Waals surface area contributed by atoms with Gasteiger partial charge in [0.15, 0.2) is 0 Å². The molecule has 62 valence electrons. The summed E-state index contributed by atoms with van der Waals surface area (Å²) in [6.45, 7) is 4.23. The summed E-state index contributed by atoms with van der Waals surface area (Å²) in [6.07, 6.45) is 1.60. The van der Waals surface area contributed by atoms with Crippen LogP contribution in [0.4, 0.5) is 4.39 Å². The van der Waals surface area contributed by atoms with Crippen molar-refractivity contribution in [3.63, 3.8) is 0 Å². The Labute approximate surface area is 63.2 Å². The lowest BCUT2D eigenvalue weighted by molar-refractivity contribution is 0.190. The molecule has 0 aromatic rings. The smallest absolute Gasteiger partial charge is 0.105 e. The molecule has 0 bridgehead atoms. The van der Waals surface area contributed by atoms with Crippen molar-refractivity contribution in [3.05, 3.63) is 0 Å². The van der Waals surface area contributed by atoms with Gasteiger partial charge in [0.2, 0.25) is 0 Å². The van der Waals surface area contributed by atoms with E-state index in [4.69, 9.17) is 0 Å². The minimum Gasteiger partial charge on any atom is -0.309 e. The first kappa shape index (κ1) is 9.89. The monoisotopic (exact) mass is 147 g/mol. The maximum absolute atomic E-state index is 12.8. The van der Waals surface area contributed by atoms with Gasteiger partial charge < -0.3 is 4.90 Å². The molecule has 0 amide bonds. The molecule has 2 heteroatoms. The van der Waals surface area contributed by atoms with Gasteiger partial charge in [0, 0.05) is 0 Å².